The highest BCUT2D eigenvalue weighted by atomic mass is 16.5. The molecule has 4 rings (SSSR count). The SMILES string of the molecule is COc1cc2nc(C#N)n(CCCCn3c(C#N)nc4cc(OC)c(OC)cc4c3=O)c(=O)c2cc1OC. The summed E-state index contributed by atoms with van der Waals surface area (Å²) in [6.45, 7) is 0.364. The normalized spacial score (nSPS) is 10.7. The predicted octanol–water partition coefficient (Wildman–Crippen LogP) is 2.36. The molecule has 2 aromatic carbocycles. The highest BCUT2D eigenvalue weighted by Gasteiger charge is 2.17. The second-order valence-corrected chi connectivity index (χ2v) is 8.16. The summed E-state index contributed by atoms with van der Waals surface area (Å²) in [7, 11) is 5.87. The molecular weight excluding hydrogens is 492 g/mol. The maximum Gasteiger partial charge on any atom is 0.262 e. The monoisotopic (exact) mass is 516 g/mol. The van der Waals surface area contributed by atoms with Crippen molar-refractivity contribution < 1.29 is 18.9 Å². The van der Waals surface area contributed by atoms with Crippen LogP contribution >= 0.6 is 0 Å². The van der Waals surface area contributed by atoms with Crippen LogP contribution in [0.25, 0.3) is 21.8 Å². The fourth-order valence-electron chi connectivity index (χ4n) is 4.22. The van der Waals surface area contributed by atoms with Crippen molar-refractivity contribution in [2.24, 2.45) is 0 Å². The maximum atomic E-state index is 13.2. The van der Waals surface area contributed by atoms with E-state index in [0.29, 0.717) is 46.9 Å². The third-order valence-corrected chi connectivity index (χ3v) is 6.13. The van der Waals surface area contributed by atoms with Crippen molar-refractivity contribution in [1.29, 1.82) is 10.5 Å². The Balaban J connectivity index is 1.62. The van der Waals surface area contributed by atoms with E-state index in [1.54, 1.807) is 12.1 Å². The van der Waals surface area contributed by atoms with Crippen LogP contribution in [0, 0.1) is 22.7 Å². The third-order valence-electron chi connectivity index (χ3n) is 6.13. The quantitative estimate of drug-likeness (QED) is 0.303. The zero-order chi connectivity index (χ0) is 27.4. The van der Waals surface area contributed by atoms with Crippen LogP contribution < -0.4 is 30.1 Å². The molecule has 38 heavy (non-hydrogen) atoms. The minimum atomic E-state index is -0.393. The van der Waals surface area contributed by atoms with Crippen molar-refractivity contribution in [3.05, 3.63) is 56.6 Å². The number of hydrogen-bond acceptors (Lipinski definition) is 10. The summed E-state index contributed by atoms with van der Waals surface area (Å²) in [5.41, 5.74) is -0.147. The Morgan fingerprint density at radius 2 is 1.00 bits per heavy atom. The standard InChI is InChI=1S/C26H24N6O6/c1-35-19-9-15-17(11-21(19)37-3)29-23(13-27)31(25(15)33)7-5-6-8-32-24(14-28)30-18-12-22(38-4)20(36-2)10-16(18)26(32)34/h9-12H,5-8H2,1-4H3. The van der Waals surface area contributed by atoms with Crippen molar-refractivity contribution in [3.63, 3.8) is 0 Å². The van der Waals surface area contributed by atoms with Crippen molar-refractivity contribution in [2.75, 3.05) is 28.4 Å². The molecule has 0 unspecified atom stereocenters. The van der Waals surface area contributed by atoms with Gasteiger partial charge in [0.05, 0.1) is 50.2 Å². The Bertz CT molecular complexity index is 1620. The molecule has 194 valence electrons. The van der Waals surface area contributed by atoms with Crippen molar-refractivity contribution in [3.8, 4) is 35.1 Å². The van der Waals surface area contributed by atoms with E-state index in [1.807, 2.05) is 12.1 Å². The minimum Gasteiger partial charge on any atom is -0.493 e. The van der Waals surface area contributed by atoms with Gasteiger partial charge in [-0.15, -0.1) is 0 Å². The van der Waals surface area contributed by atoms with E-state index < -0.39 is 11.1 Å². The largest absolute Gasteiger partial charge is 0.493 e. The second-order valence-electron chi connectivity index (χ2n) is 8.16. The molecule has 0 aliphatic rings. The molecule has 2 aromatic heterocycles. The number of ether oxygens (including phenoxy) is 4. The molecule has 0 aliphatic carbocycles. The van der Waals surface area contributed by atoms with Crippen molar-refractivity contribution in [1.82, 2.24) is 19.1 Å². The lowest BCUT2D eigenvalue weighted by atomic mass is 10.2. The lowest BCUT2D eigenvalue weighted by Crippen LogP contribution is -2.26. The van der Waals surface area contributed by atoms with E-state index in [4.69, 9.17) is 18.9 Å². The van der Waals surface area contributed by atoms with Crippen LogP contribution in [0.3, 0.4) is 0 Å². The van der Waals surface area contributed by atoms with Crippen LogP contribution in [0.4, 0.5) is 0 Å². The molecule has 0 radical (unpaired) electrons. The molecule has 0 saturated heterocycles. The maximum absolute atomic E-state index is 13.2. The van der Waals surface area contributed by atoms with Crippen LogP contribution in [0.15, 0.2) is 33.9 Å². The first kappa shape index (κ1) is 26.0. The summed E-state index contributed by atoms with van der Waals surface area (Å²) in [6, 6.07) is 10.1. The topological polar surface area (TPSA) is 154 Å². The van der Waals surface area contributed by atoms with E-state index in [-0.39, 0.29) is 35.5 Å². The van der Waals surface area contributed by atoms with Crippen LogP contribution in [0.5, 0.6) is 23.0 Å². The van der Waals surface area contributed by atoms with Crippen molar-refractivity contribution in [2.45, 2.75) is 25.9 Å². The van der Waals surface area contributed by atoms with Gasteiger partial charge in [-0.05, 0) is 25.0 Å². The first-order valence-corrected chi connectivity index (χ1v) is 11.5. The zero-order valence-corrected chi connectivity index (χ0v) is 21.3. The van der Waals surface area contributed by atoms with Gasteiger partial charge >= 0.3 is 0 Å². The van der Waals surface area contributed by atoms with Crippen LogP contribution in [-0.4, -0.2) is 47.5 Å². The molecule has 0 fully saturated rings. The summed E-state index contributed by atoms with van der Waals surface area (Å²) >= 11 is 0. The summed E-state index contributed by atoms with van der Waals surface area (Å²) in [5, 5.41) is 19.8. The number of methoxy groups -OCH3 is 4. The first-order chi connectivity index (χ1) is 18.4. The van der Waals surface area contributed by atoms with Crippen LogP contribution in [0.1, 0.15) is 24.5 Å². The molecule has 0 N–H and O–H groups in total. The molecule has 4 aromatic rings. The average Bonchev–Trinajstić information content (AvgIpc) is 2.95. The first-order valence-electron chi connectivity index (χ1n) is 11.5. The molecule has 0 bridgehead atoms. The second kappa shape index (κ2) is 10.9. The Morgan fingerprint density at radius 3 is 1.32 bits per heavy atom. The van der Waals surface area contributed by atoms with E-state index in [9.17, 15) is 20.1 Å². The number of nitrogens with zero attached hydrogens (tertiary/aromatic N) is 6. The van der Waals surface area contributed by atoms with Gasteiger partial charge in [0.2, 0.25) is 11.6 Å². The van der Waals surface area contributed by atoms with Gasteiger partial charge in [-0.25, -0.2) is 9.97 Å². The summed E-state index contributed by atoms with van der Waals surface area (Å²) < 4.78 is 23.7. The van der Waals surface area contributed by atoms with Gasteiger partial charge in [0, 0.05) is 25.2 Å². The van der Waals surface area contributed by atoms with Gasteiger partial charge in [-0.2, -0.15) is 10.5 Å². The molecule has 12 heteroatoms. The lowest BCUT2D eigenvalue weighted by molar-refractivity contribution is 0.355. The van der Waals surface area contributed by atoms with E-state index in [2.05, 4.69) is 9.97 Å². The van der Waals surface area contributed by atoms with Gasteiger partial charge in [0.15, 0.2) is 23.0 Å². The summed E-state index contributed by atoms with van der Waals surface area (Å²) in [6.07, 6.45) is 0.854. The Labute approximate surface area is 216 Å². The van der Waals surface area contributed by atoms with Crippen LogP contribution in [0.2, 0.25) is 0 Å². The van der Waals surface area contributed by atoms with Crippen molar-refractivity contribution >= 4 is 21.8 Å². The smallest absolute Gasteiger partial charge is 0.262 e. The Hall–Kier alpha value is -5.10. The zero-order valence-electron chi connectivity index (χ0n) is 21.3. The number of nitriles is 2. The summed E-state index contributed by atoms with van der Waals surface area (Å²) in [5.74, 6) is 1.45. The van der Waals surface area contributed by atoms with E-state index in [0.717, 1.165) is 0 Å². The van der Waals surface area contributed by atoms with E-state index >= 15 is 0 Å². The van der Waals surface area contributed by atoms with Gasteiger partial charge in [0.25, 0.3) is 11.1 Å². The fraction of sp³-hybridized carbons (Fsp3) is 0.308. The van der Waals surface area contributed by atoms with Gasteiger partial charge in [0.1, 0.15) is 12.1 Å². The van der Waals surface area contributed by atoms with E-state index in [1.165, 1.54) is 49.7 Å². The number of rotatable bonds is 9. The fourth-order valence-corrected chi connectivity index (χ4v) is 4.22. The number of hydrogen-bond donors (Lipinski definition) is 0. The van der Waals surface area contributed by atoms with Gasteiger partial charge in [-0.1, -0.05) is 0 Å². The predicted molar refractivity (Wildman–Crippen MR) is 137 cm³/mol. The number of fused-ring (bicyclic) bond motifs is 2. The number of benzene rings is 2. The lowest BCUT2D eigenvalue weighted by Gasteiger charge is -2.13. The molecule has 0 atom stereocenters. The minimum absolute atomic E-state index is 0.0435. The molecule has 0 saturated carbocycles. The Kier molecular flexibility index (Phi) is 7.44. The molecule has 0 aliphatic heterocycles. The third kappa shape index (κ3) is 4.55. The highest BCUT2D eigenvalue weighted by molar-refractivity contribution is 5.83. The molecule has 0 amide bonds. The number of aromatic nitrogens is 4. The molecule has 12 nitrogen and oxygen atoms in total. The Morgan fingerprint density at radius 1 is 0.658 bits per heavy atom. The van der Waals surface area contributed by atoms with Gasteiger partial charge < -0.3 is 18.9 Å². The highest BCUT2D eigenvalue weighted by Crippen LogP contribution is 2.31. The average molecular weight is 517 g/mol. The van der Waals surface area contributed by atoms with Gasteiger partial charge in [-0.3, -0.25) is 18.7 Å². The summed E-state index contributed by atoms with van der Waals surface area (Å²) in [4.78, 5) is 35.0. The van der Waals surface area contributed by atoms with Crippen LogP contribution in [-0.2, 0) is 13.1 Å². The molecular formula is C26H24N6O6. The number of unbranched alkanes of at least 4 members (excludes halogenated alkanes) is 1. The molecule has 0 spiro atoms. The molecule has 2 heterocycles.